The molecule has 4 heteroatoms. The highest BCUT2D eigenvalue weighted by Gasteiger charge is 2.27. The monoisotopic (exact) mass is 185 g/mol. The molecule has 76 valence electrons. The van der Waals surface area contributed by atoms with E-state index >= 15 is 0 Å². The van der Waals surface area contributed by atoms with Crippen molar-refractivity contribution in [2.45, 2.75) is 6.42 Å². The van der Waals surface area contributed by atoms with Crippen LogP contribution in [-0.4, -0.2) is 56.0 Å². The molecule has 2 N–H and O–H groups in total. The van der Waals surface area contributed by atoms with Crippen molar-refractivity contribution in [2.75, 3.05) is 40.3 Å². The molecule has 0 bridgehead atoms. The Balaban J connectivity index is 2.31. The summed E-state index contributed by atoms with van der Waals surface area (Å²) in [5.41, 5.74) is 5.52. The van der Waals surface area contributed by atoms with Crippen LogP contribution >= 0.6 is 0 Å². The molecule has 1 fully saturated rings. The quantitative estimate of drug-likeness (QED) is 0.633. The smallest absolute Gasteiger partial charge is 0.223 e. The molecule has 0 aromatic carbocycles. The predicted octanol–water partition coefficient (Wildman–Crippen LogP) is -0.645. The molecule has 1 aliphatic heterocycles. The minimum atomic E-state index is 0.261. The van der Waals surface area contributed by atoms with Gasteiger partial charge < -0.3 is 15.5 Å². The lowest BCUT2D eigenvalue weighted by Crippen LogP contribution is -2.33. The van der Waals surface area contributed by atoms with Gasteiger partial charge in [0, 0.05) is 26.1 Å². The number of nitrogens with two attached hydrogens (primary N) is 1. The largest absolute Gasteiger partial charge is 0.341 e. The van der Waals surface area contributed by atoms with Crippen molar-refractivity contribution in [1.82, 2.24) is 9.80 Å². The summed E-state index contributed by atoms with van der Waals surface area (Å²) in [6.45, 7) is 3.25. The van der Waals surface area contributed by atoms with Crippen LogP contribution < -0.4 is 5.73 Å². The van der Waals surface area contributed by atoms with Crippen molar-refractivity contribution in [2.24, 2.45) is 11.7 Å². The minimum Gasteiger partial charge on any atom is -0.341 e. The normalized spacial score (nSPS) is 23.2. The van der Waals surface area contributed by atoms with Gasteiger partial charge in [-0.3, -0.25) is 4.79 Å². The molecule has 13 heavy (non-hydrogen) atoms. The Kier molecular flexibility index (Phi) is 3.69. The van der Waals surface area contributed by atoms with Gasteiger partial charge >= 0.3 is 0 Å². The maximum Gasteiger partial charge on any atom is 0.223 e. The Morgan fingerprint density at radius 2 is 2.31 bits per heavy atom. The van der Waals surface area contributed by atoms with Gasteiger partial charge in [-0.25, -0.2) is 0 Å². The predicted molar refractivity (Wildman–Crippen MR) is 52.3 cm³/mol. The van der Waals surface area contributed by atoms with Gasteiger partial charge in [-0.05, 0) is 26.6 Å². The van der Waals surface area contributed by atoms with Gasteiger partial charge in [-0.1, -0.05) is 0 Å². The molecule has 1 rings (SSSR count). The molecule has 0 unspecified atom stereocenters. The van der Waals surface area contributed by atoms with E-state index in [2.05, 4.69) is 4.90 Å². The molecule has 1 aliphatic rings. The molecule has 4 nitrogen and oxygen atoms in total. The van der Waals surface area contributed by atoms with Crippen molar-refractivity contribution < 1.29 is 4.79 Å². The van der Waals surface area contributed by atoms with Crippen LogP contribution in [0.3, 0.4) is 0 Å². The fourth-order valence-corrected chi connectivity index (χ4v) is 1.55. The van der Waals surface area contributed by atoms with Gasteiger partial charge in [-0.2, -0.15) is 0 Å². The van der Waals surface area contributed by atoms with E-state index in [4.69, 9.17) is 5.73 Å². The molecule has 1 atom stereocenters. The Morgan fingerprint density at radius 3 is 2.77 bits per heavy atom. The summed E-state index contributed by atoms with van der Waals surface area (Å²) in [6.07, 6.45) is 0.643. The topological polar surface area (TPSA) is 49.6 Å². The third-order valence-corrected chi connectivity index (χ3v) is 2.45. The highest BCUT2D eigenvalue weighted by molar-refractivity contribution is 5.78. The molecular weight excluding hydrogens is 166 g/mol. The van der Waals surface area contributed by atoms with Gasteiger partial charge in [0.15, 0.2) is 0 Å². The van der Waals surface area contributed by atoms with Crippen molar-refractivity contribution in [3.05, 3.63) is 0 Å². The van der Waals surface area contributed by atoms with Gasteiger partial charge in [0.25, 0.3) is 0 Å². The van der Waals surface area contributed by atoms with E-state index in [0.29, 0.717) is 18.9 Å². The second-order valence-electron chi connectivity index (χ2n) is 3.95. The van der Waals surface area contributed by atoms with Crippen LogP contribution in [0.15, 0.2) is 0 Å². The van der Waals surface area contributed by atoms with Crippen LogP contribution in [0.25, 0.3) is 0 Å². The summed E-state index contributed by atoms with van der Waals surface area (Å²) in [6, 6.07) is 0. The lowest BCUT2D eigenvalue weighted by atomic mass is 10.1. The number of nitrogens with zero attached hydrogens (tertiary/aromatic N) is 2. The van der Waals surface area contributed by atoms with Crippen molar-refractivity contribution in [1.29, 1.82) is 0 Å². The highest BCUT2D eigenvalue weighted by Crippen LogP contribution is 2.15. The Hall–Kier alpha value is -0.610. The first kappa shape index (κ1) is 10.5. The van der Waals surface area contributed by atoms with Crippen LogP contribution in [0.5, 0.6) is 0 Å². The summed E-state index contributed by atoms with van der Waals surface area (Å²) in [5, 5.41) is 0. The maximum absolute atomic E-state index is 11.4. The van der Waals surface area contributed by atoms with E-state index in [1.807, 2.05) is 19.0 Å². The number of hydrogen-bond acceptors (Lipinski definition) is 3. The fraction of sp³-hybridized carbons (Fsp3) is 0.889. The van der Waals surface area contributed by atoms with Gasteiger partial charge in [0.05, 0.1) is 0 Å². The molecule has 0 aliphatic carbocycles. The number of likely N-dealkylation sites (tertiary alicyclic amines) is 1. The van der Waals surface area contributed by atoms with Crippen molar-refractivity contribution in [3.8, 4) is 0 Å². The van der Waals surface area contributed by atoms with Gasteiger partial charge in [0.1, 0.15) is 0 Å². The Labute approximate surface area is 79.7 Å². The zero-order chi connectivity index (χ0) is 9.84. The van der Waals surface area contributed by atoms with Crippen molar-refractivity contribution >= 4 is 5.91 Å². The van der Waals surface area contributed by atoms with Crippen molar-refractivity contribution in [3.63, 3.8) is 0 Å². The molecule has 0 aromatic heterocycles. The number of likely N-dealkylation sites (N-methyl/N-ethyl adjacent to an activating group) is 1. The first-order valence-corrected chi connectivity index (χ1v) is 4.76. The molecule has 0 radical (unpaired) electrons. The first-order valence-electron chi connectivity index (χ1n) is 4.76. The van der Waals surface area contributed by atoms with E-state index < -0.39 is 0 Å². The van der Waals surface area contributed by atoms with E-state index in [1.165, 1.54) is 0 Å². The number of amides is 1. The SMILES string of the molecule is CN(C)CCN1C[C@H](CN)CC1=O. The summed E-state index contributed by atoms with van der Waals surface area (Å²) < 4.78 is 0. The zero-order valence-electron chi connectivity index (χ0n) is 8.49. The van der Waals surface area contributed by atoms with Crippen LogP contribution in [0.1, 0.15) is 6.42 Å². The fourth-order valence-electron chi connectivity index (χ4n) is 1.55. The molecule has 0 aromatic rings. The third kappa shape index (κ3) is 2.97. The maximum atomic E-state index is 11.4. The van der Waals surface area contributed by atoms with Gasteiger partial charge in [-0.15, -0.1) is 0 Å². The Bertz CT molecular complexity index is 182. The second kappa shape index (κ2) is 4.58. The number of rotatable bonds is 4. The summed E-state index contributed by atoms with van der Waals surface area (Å²) in [4.78, 5) is 15.4. The number of carbonyl (C=O) groups is 1. The average molecular weight is 185 g/mol. The summed E-state index contributed by atoms with van der Waals surface area (Å²) in [5.74, 6) is 0.645. The standard InChI is InChI=1S/C9H19N3O/c1-11(2)3-4-12-7-8(6-10)5-9(12)13/h8H,3-7,10H2,1-2H3/t8-/m0/s1. The lowest BCUT2D eigenvalue weighted by Gasteiger charge is -2.18. The van der Waals surface area contributed by atoms with E-state index in [9.17, 15) is 4.79 Å². The molecule has 1 saturated heterocycles. The molecular formula is C9H19N3O. The number of hydrogen-bond donors (Lipinski definition) is 1. The Morgan fingerprint density at radius 1 is 1.62 bits per heavy atom. The summed E-state index contributed by atoms with van der Waals surface area (Å²) >= 11 is 0. The van der Waals surface area contributed by atoms with Crippen LogP contribution in [0.2, 0.25) is 0 Å². The van der Waals surface area contributed by atoms with Crippen LogP contribution in [0, 0.1) is 5.92 Å². The summed E-state index contributed by atoms with van der Waals surface area (Å²) in [7, 11) is 4.03. The number of carbonyl (C=O) groups excluding carboxylic acids is 1. The second-order valence-corrected chi connectivity index (χ2v) is 3.95. The molecule has 1 amide bonds. The van der Waals surface area contributed by atoms with E-state index in [0.717, 1.165) is 19.6 Å². The molecule has 0 spiro atoms. The minimum absolute atomic E-state index is 0.261. The lowest BCUT2D eigenvalue weighted by molar-refractivity contribution is -0.127. The average Bonchev–Trinajstić information content (AvgIpc) is 2.43. The van der Waals surface area contributed by atoms with Crippen LogP contribution in [-0.2, 0) is 4.79 Å². The zero-order valence-corrected chi connectivity index (χ0v) is 8.49. The van der Waals surface area contributed by atoms with E-state index in [-0.39, 0.29) is 5.91 Å². The molecule has 0 saturated carbocycles. The van der Waals surface area contributed by atoms with E-state index in [1.54, 1.807) is 0 Å². The third-order valence-electron chi connectivity index (χ3n) is 2.45. The van der Waals surface area contributed by atoms with Crippen LogP contribution in [0.4, 0.5) is 0 Å². The first-order chi connectivity index (χ1) is 6.13. The molecule has 1 heterocycles. The van der Waals surface area contributed by atoms with Gasteiger partial charge in [0.2, 0.25) is 5.91 Å². The highest BCUT2D eigenvalue weighted by atomic mass is 16.2.